The van der Waals surface area contributed by atoms with Crippen LogP contribution in [0.2, 0.25) is 0 Å². The third-order valence-electron chi connectivity index (χ3n) is 4.29. The number of carbonyl (C=O) groups excluding carboxylic acids is 2. The number of aromatic nitrogens is 2. The van der Waals surface area contributed by atoms with Crippen LogP contribution in [-0.2, 0) is 24.4 Å². The summed E-state index contributed by atoms with van der Waals surface area (Å²) in [7, 11) is 0. The van der Waals surface area contributed by atoms with Crippen LogP contribution in [0.15, 0.2) is 36.7 Å². The minimum Gasteiger partial charge on any atom is -0.347 e. The van der Waals surface area contributed by atoms with Gasteiger partial charge < -0.3 is 14.8 Å². The Morgan fingerprint density at radius 2 is 2.00 bits per heavy atom. The Labute approximate surface area is 145 Å². The molecular formula is C18H21FN4O2. The maximum absolute atomic E-state index is 12.5. The molecule has 132 valence electrons. The Kier molecular flexibility index (Phi) is 5.42. The molecule has 0 fully saturated rings. The average Bonchev–Trinajstić information content (AvgIpc) is 2.90. The van der Waals surface area contributed by atoms with E-state index in [0.29, 0.717) is 31.0 Å². The summed E-state index contributed by atoms with van der Waals surface area (Å²) >= 11 is 0. The van der Waals surface area contributed by atoms with Gasteiger partial charge in [0.05, 0.1) is 31.7 Å². The van der Waals surface area contributed by atoms with E-state index in [9.17, 15) is 14.0 Å². The molecule has 0 spiro atoms. The van der Waals surface area contributed by atoms with Crippen molar-refractivity contribution >= 4 is 11.8 Å². The summed E-state index contributed by atoms with van der Waals surface area (Å²) in [5.74, 6) is -0.495. The Hall–Kier alpha value is -2.70. The quantitative estimate of drug-likeness (QED) is 0.901. The zero-order chi connectivity index (χ0) is 17.6. The van der Waals surface area contributed by atoms with Gasteiger partial charge in [0.2, 0.25) is 5.91 Å². The number of aryl methyl sites for hydroxylation is 1. The van der Waals surface area contributed by atoms with Gasteiger partial charge in [-0.2, -0.15) is 0 Å². The lowest BCUT2D eigenvalue weighted by atomic mass is 10.2. The van der Waals surface area contributed by atoms with Crippen LogP contribution in [0.3, 0.4) is 0 Å². The lowest BCUT2D eigenvalue weighted by molar-refractivity contribution is -0.132. The molecule has 1 aromatic heterocycles. The average molecular weight is 344 g/mol. The van der Waals surface area contributed by atoms with Crippen molar-refractivity contribution in [2.24, 2.45) is 0 Å². The predicted molar refractivity (Wildman–Crippen MR) is 90.5 cm³/mol. The van der Waals surface area contributed by atoms with E-state index >= 15 is 0 Å². The largest absolute Gasteiger partial charge is 0.347 e. The van der Waals surface area contributed by atoms with Crippen LogP contribution in [0.25, 0.3) is 0 Å². The standard InChI is InChI=1S/C18H21FN4O2/c19-8-7-16(24)22-9-4-10-23-13-21-17(15(23)12-22)18(25)20-11-14-5-2-1-3-6-14/h1-3,5-6,13H,4,7-12H2,(H,20,25). The minimum atomic E-state index is -0.668. The van der Waals surface area contributed by atoms with Crippen molar-refractivity contribution in [3.8, 4) is 0 Å². The zero-order valence-electron chi connectivity index (χ0n) is 13.9. The molecular weight excluding hydrogens is 323 g/mol. The molecule has 0 radical (unpaired) electrons. The maximum Gasteiger partial charge on any atom is 0.272 e. The highest BCUT2D eigenvalue weighted by Gasteiger charge is 2.24. The van der Waals surface area contributed by atoms with Crippen LogP contribution in [0.4, 0.5) is 4.39 Å². The van der Waals surface area contributed by atoms with Crippen molar-refractivity contribution in [1.29, 1.82) is 0 Å². The Bertz CT molecular complexity index is 745. The van der Waals surface area contributed by atoms with Crippen molar-refractivity contribution in [2.75, 3.05) is 13.2 Å². The smallest absolute Gasteiger partial charge is 0.272 e. The van der Waals surface area contributed by atoms with Gasteiger partial charge in [-0.15, -0.1) is 0 Å². The topological polar surface area (TPSA) is 67.2 Å². The lowest BCUT2D eigenvalue weighted by Crippen LogP contribution is -2.32. The monoisotopic (exact) mass is 344 g/mol. The SMILES string of the molecule is O=C(NCc1ccccc1)c1ncn2c1CN(C(=O)CCF)CCC2. The zero-order valence-corrected chi connectivity index (χ0v) is 13.9. The second-order valence-corrected chi connectivity index (χ2v) is 6.01. The molecule has 25 heavy (non-hydrogen) atoms. The highest BCUT2D eigenvalue weighted by atomic mass is 19.1. The number of alkyl halides is 1. The van der Waals surface area contributed by atoms with Crippen LogP contribution in [0.5, 0.6) is 0 Å². The molecule has 0 saturated heterocycles. The van der Waals surface area contributed by atoms with Gasteiger partial charge in [0.15, 0.2) is 5.69 Å². The highest BCUT2D eigenvalue weighted by molar-refractivity contribution is 5.93. The van der Waals surface area contributed by atoms with Crippen molar-refractivity contribution in [2.45, 2.75) is 32.5 Å². The number of fused-ring (bicyclic) bond motifs is 1. The number of nitrogens with one attached hydrogen (secondary N) is 1. The van der Waals surface area contributed by atoms with E-state index in [1.807, 2.05) is 34.9 Å². The molecule has 2 heterocycles. The first-order valence-electron chi connectivity index (χ1n) is 8.39. The van der Waals surface area contributed by atoms with Gasteiger partial charge in [-0.05, 0) is 12.0 Å². The summed E-state index contributed by atoms with van der Waals surface area (Å²) in [5.41, 5.74) is 2.03. The summed E-state index contributed by atoms with van der Waals surface area (Å²) in [6, 6.07) is 9.62. The number of rotatable bonds is 5. The molecule has 2 amide bonds. The maximum atomic E-state index is 12.5. The molecule has 1 aliphatic heterocycles. The molecule has 1 aliphatic rings. The summed E-state index contributed by atoms with van der Waals surface area (Å²) in [4.78, 5) is 30.4. The third-order valence-corrected chi connectivity index (χ3v) is 4.29. The lowest BCUT2D eigenvalue weighted by Gasteiger charge is -2.20. The fourth-order valence-corrected chi connectivity index (χ4v) is 2.96. The van der Waals surface area contributed by atoms with Gasteiger partial charge in [0.25, 0.3) is 5.91 Å². The second-order valence-electron chi connectivity index (χ2n) is 6.01. The molecule has 0 atom stereocenters. The molecule has 0 bridgehead atoms. The Balaban J connectivity index is 1.72. The van der Waals surface area contributed by atoms with Gasteiger partial charge in [-0.1, -0.05) is 30.3 Å². The van der Waals surface area contributed by atoms with Gasteiger partial charge in [-0.25, -0.2) is 4.98 Å². The number of hydrogen-bond donors (Lipinski definition) is 1. The summed E-state index contributed by atoms with van der Waals surface area (Å²) in [5, 5.41) is 2.86. The molecule has 0 aliphatic carbocycles. The van der Waals surface area contributed by atoms with Gasteiger partial charge in [-0.3, -0.25) is 14.0 Å². The van der Waals surface area contributed by atoms with E-state index < -0.39 is 6.67 Å². The number of amides is 2. The molecule has 6 nitrogen and oxygen atoms in total. The third kappa shape index (κ3) is 4.04. The number of hydrogen-bond acceptors (Lipinski definition) is 3. The highest BCUT2D eigenvalue weighted by Crippen LogP contribution is 2.17. The first-order valence-corrected chi connectivity index (χ1v) is 8.39. The molecule has 0 saturated carbocycles. The first kappa shape index (κ1) is 17.1. The van der Waals surface area contributed by atoms with Crippen molar-refractivity contribution in [3.05, 3.63) is 53.6 Å². The summed E-state index contributed by atoms with van der Waals surface area (Å²) in [6.07, 6.45) is 2.27. The number of carbonyl (C=O) groups is 2. The Morgan fingerprint density at radius 1 is 1.20 bits per heavy atom. The van der Waals surface area contributed by atoms with Gasteiger partial charge in [0, 0.05) is 19.6 Å². The van der Waals surface area contributed by atoms with E-state index in [4.69, 9.17) is 0 Å². The number of imidazole rings is 1. The molecule has 1 aromatic carbocycles. The number of halogens is 1. The molecule has 3 rings (SSSR count). The van der Waals surface area contributed by atoms with E-state index in [-0.39, 0.29) is 24.8 Å². The fraction of sp³-hybridized carbons (Fsp3) is 0.389. The van der Waals surface area contributed by atoms with Crippen molar-refractivity contribution in [1.82, 2.24) is 19.8 Å². The Morgan fingerprint density at radius 3 is 2.76 bits per heavy atom. The van der Waals surface area contributed by atoms with E-state index in [1.165, 1.54) is 0 Å². The summed E-state index contributed by atoms with van der Waals surface area (Å²) in [6.45, 7) is 1.28. The second kappa shape index (κ2) is 7.92. The molecule has 7 heteroatoms. The first-order chi connectivity index (χ1) is 12.2. The summed E-state index contributed by atoms with van der Waals surface area (Å²) < 4.78 is 14.4. The van der Waals surface area contributed by atoms with Crippen LogP contribution in [-0.4, -0.2) is 39.5 Å². The van der Waals surface area contributed by atoms with Crippen LogP contribution in [0, 0.1) is 0 Å². The predicted octanol–water partition coefficient (Wildman–Crippen LogP) is 1.91. The van der Waals surface area contributed by atoms with E-state index in [2.05, 4.69) is 10.3 Å². The molecule has 2 aromatic rings. The van der Waals surface area contributed by atoms with Crippen LogP contribution >= 0.6 is 0 Å². The molecule has 1 N–H and O–H groups in total. The van der Waals surface area contributed by atoms with E-state index in [0.717, 1.165) is 12.0 Å². The van der Waals surface area contributed by atoms with Gasteiger partial charge in [0.1, 0.15) is 0 Å². The molecule has 0 unspecified atom stereocenters. The minimum absolute atomic E-state index is 0.121. The normalized spacial score (nSPS) is 13.9. The van der Waals surface area contributed by atoms with Crippen molar-refractivity contribution < 1.29 is 14.0 Å². The van der Waals surface area contributed by atoms with E-state index in [1.54, 1.807) is 11.2 Å². The van der Waals surface area contributed by atoms with Crippen molar-refractivity contribution in [3.63, 3.8) is 0 Å². The van der Waals surface area contributed by atoms with Gasteiger partial charge >= 0.3 is 0 Å². The number of benzene rings is 1. The number of nitrogens with zero attached hydrogens (tertiary/aromatic N) is 3. The van der Waals surface area contributed by atoms with Crippen LogP contribution in [0.1, 0.15) is 34.6 Å². The fourth-order valence-electron chi connectivity index (χ4n) is 2.96. The van der Waals surface area contributed by atoms with Crippen LogP contribution < -0.4 is 5.32 Å².